The number of aliphatic hydroxyl groups is 1. The molecule has 0 spiro atoms. The number of methoxy groups -OCH3 is 2. The largest absolute Gasteiger partial charge is 0.497 e. The van der Waals surface area contributed by atoms with Gasteiger partial charge in [-0.3, -0.25) is 0 Å². The zero-order chi connectivity index (χ0) is 21.5. The molecule has 1 aromatic heterocycles. The van der Waals surface area contributed by atoms with Gasteiger partial charge in [0.05, 0.1) is 32.1 Å². The van der Waals surface area contributed by atoms with Crippen LogP contribution in [-0.4, -0.2) is 46.9 Å². The van der Waals surface area contributed by atoms with Gasteiger partial charge < -0.3 is 25.0 Å². The van der Waals surface area contributed by atoms with E-state index in [-0.39, 0.29) is 18.2 Å². The Morgan fingerprint density at radius 1 is 1.03 bits per heavy atom. The molecule has 156 valence electrons. The van der Waals surface area contributed by atoms with E-state index >= 15 is 0 Å². The minimum absolute atomic E-state index is 0.0293. The summed E-state index contributed by atoms with van der Waals surface area (Å²) in [7, 11) is 3.10. The van der Waals surface area contributed by atoms with Crippen LogP contribution in [0.1, 0.15) is 21.5 Å². The molecule has 0 saturated carbocycles. The highest BCUT2D eigenvalue weighted by molar-refractivity contribution is 5.91. The van der Waals surface area contributed by atoms with Gasteiger partial charge in [-0.2, -0.15) is 9.97 Å². The second-order valence-corrected chi connectivity index (χ2v) is 6.49. The minimum atomic E-state index is -1.11. The molecule has 0 radical (unpaired) electrons. The van der Waals surface area contributed by atoms with Crippen molar-refractivity contribution in [3.8, 4) is 23.0 Å². The number of nitrogens with zero attached hydrogens (tertiary/aromatic N) is 2. The first-order chi connectivity index (χ1) is 14.5. The highest BCUT2D eigenvalue weighted by Gasteiger charge is 2.13. The Labute approximate surface area is 174 Å². The zero-order valence-electron chi connectivity index (χ0n) is 16.8. The van der Waals surface area contributed by atoms with Gasteiger partial charge in [0.2, 0.25) is 0 Å². The molecule has 0 atom stereocenters. The summed E-state index contributed by atoms with van der Waals surface area (Å²) in [5.74, 6) is 0.262. The summed E-state index contributed by atoms with van der Waals surface area (Å²) < 4.78 is 10.4. The van der Waals surface area contributed by atoms with Crippen molar-refractivity contribution in [1.82, 2.24) is 9.97 Å². The van der Waals surface area contributed by atoms with Gasteiger partial charge in [-0.15, -0.1) is 0 Å². The van der Waals surface area contributed by atoms with Crippen molar-refractivity contribution in [3.63, 3.8) is 0 Å². The van der Waals surface area contributed by atoms with Crippen LogP contribution in [0.3, 0.4) is 0 Å². The molecule has 0 aliphatic heterocycles. The summed E-state index contributed by atoms with van der Waals surface area (Å²) in [5, 5.41) is 22.0. The molecule has 3 N–H and O–H groups in total. The number of aromatic nitrogens is 2. The fraction of sp³-hybridized carbons (Fsp3) is 0.227. The smallest absolute Gasteiger partial charge is 0.336 e. The van der Waals surface area contributed by atoms with Crippen LogP contribution in [0.5, 0.6) is 11.8 Å². The number of carboxylic acid groups (broad SMARTS) is 1. The van der Waals surface area contributed by atoms with Crippen molar-refractivity contribution in [2.45, 2.75) is 13.0 Å². The third kappa shape index (κ3) is 5.03. The zero-order valence-corrected chi connectivity index (χ0v) is 16.8. The molecule has 3 aromatic rings. The van der Waals surface area contributed by atoms with Crippen LogP contribution in [-0.2, 0) is 13.0 Å². The van der Waals surface area contributed by atoms with Gasteiger partial charge in [0.15, 0.2) is 0 Å². The number of anilines is 1. The van der Waals surface area contributed by atoms with E-state index in [1.165, 1.54) is 13.2 Å². The quantitative estimate of drug-likeness (QED) is 0.494. The van der Waals surface area contributed by atoms with Gasteiger partial charge in [0.25, 0.3) is 0 Å². The lowest BCUT2D eigenvalue weighted by Crippen LogP contribution is -2.08. The maximum Gasteiger partial charge on any atom is 0.336 e. The third-order valence-corrected chi connectivity index (χ3v) is 4.57. The van der Waals surface area contributed by atoms with Crippen molar-refractivity contribution >= 4 is 11.8 Å². The first-order valence-electron chi connectivity index (χ1n) is 9.31. The van der Waals surface area contributed by atoms with E-state index < -0.39 is 5.97 Å². The highest BCUT2D eigenvalue weighted by atomic mass is 16.5. The van der Waals surface area contributed by atoms with Gasteiger partial charge in [-0.1, -0.05) is 24.3 Å². The van der Waals surface area contributed by atoms with Gasteiger partial charge in [0.1, 0.15) is 11.6 Å². The molecule has 8 heteroatoms. The number of rotatable bonds is 9. The molecular weight excluding hydrogens is 386 g/mol. The van der Waals surface area contributed by atoms with Crippen molar-refractivity contribution in [3.05, 3.63) is 65.2 Å². The van der Waals surface area contributed by atoms with Crippen LogP contribution in [0, 0.1) is 0 Å². The molecular formula is C22H23N3O5. The fourth-order valence-electron chi connectivity index (χ4n) is 2.95. The Bertz CT molecular complexity index is 1020. The van der Waals surface area contributed by atoms with E-state index in [0.29, 0.717) is 29.2 Å². The maximum absolute atomic E-state index is 11.5. The number of aliphatic hydroxyl groups excluding tert-OH is 1. The minimum Gasteiger partial charge on any atom is -0.497 e. The first-order valence-corrected chi connectivity index (χ1v) is 9.31. The highest BCUT2D eigenvalue weighted by Crippen LogP contribution is 2.25. The predicted molar refractivity (Wildman–Crippen MR) is 112 cm³/mol. The Hall–Kier alpha value is -3.65. The molecule has 0 fully saturated rings. The molecule has 30 heavy (non-hydrogen) atoms. The number of carbonyl (C=O) groups is 1. The van der Waals surface area contributed by atoms with Crippen molar-refractivity contribution < 1.29 is 24.5 Å². The topological polar surface area (TPSA) is 114 Å². The lowest BCUT2D eigenvalue weighted by Gasteiger charge is -2.11. The second kappa shape index (κ2) is 9.71. The molecule has 0 unspecified atom stereocenters. The standard InChI is InChI=1S/C22H23N3O5/c1-29-17-7-3-14(4-8-17)9-10-23-20-12-19(24-22(25-20)30-2)15-5-6-16(13-26)18(11-15)21(27)28/h3-8,11-12,26H,9-10,13H2,1-2H3,(H,27,28)(H,23,24,25). The van der Waals surface area contributed by atoms with E-state index in [9.17, 15) is 15.0 Å². The first kappa shape index (κ1) is 21.1. The van der Waals surface area contributed by atoms with Crippen molar-refractivity contribution in [1.29, 1.82) is 0 Å². The SMILES string of the molecule is COc1ccc(CCNc2cc(-c3ccc(CO)c(C(=O)O)c3)nc(OC)n2)cc1. The van der Waals surface area contributed by atoms with Crippen LogP contribution in [0.2, 0.25) is 0 Å². The number of nitrogens with one attached hydrogen (secondary N) is 1. The molecule has 0 saturated heterocycles. The molecule has 0 aliphatic rings. The maximum atomic E-state index is 11.5. The second-order valence-electron chi connectivity index (χ2n) is 6.49. The number of hydrogen-bond acceptors (Lipinski definition) is 7. The Morgan fingerprint density at radius 3 is 2.43 bits per heavy atom. The molecule has 3 rings (SSSR count). The summed E-state index contributed by atoms with van der Waals surface area (Å²) in [5.41, 5.74) is 2.62. The fourth-order valence-corrected chi connectivity index (χ4v) is 2.95. The lowest BCUT2D eigenvalue weighted by atomic mass is 10.0. The number of hydrogen-bond donors (Lipinski definition) is 3. The van der Waals surface area contributed by atoms with E-state index in [4.69, 9.17) is 9.47 Å². The molecule has 0 aliphatic carbocycles. The number of aromatic carboxylic acids is 1. The summed E-state index contributed by atoms with van der Waals surface area (Å²) in [6, 6.07) is 14.5. The van der Waals surface area contributed by atoms with E-state index in [1.807, 2.05) is 24.3 Å². The number of carboxylic acids is 1. The number of benzene rings is 2. The van der Waals surface area contributed by atoms with Gasteiger partial charge in [0, 0.05) is 18.2 Å². The normalized spacial score (nSPS) is 10.5. The van der Waals surface area contributed by atoms with Crippen LogP contribution >= 0.6 is 0 Å². The predicted octanol–water partition coefficient (Wildman–Crippen LogP) is 3.01. The lowest BCUT2D eigenvalue weighted by molar-refractivity contribution is 0.0693. The summed E-state index contributed by atoms with van der Waals surface area (Å²) >= 11 is 0. The van der Waals surface area contributed by atoms with E-state index in [1.54, 1.807) is 25.3 Å². The Balaban J connectivity index is 1.79. The summed E-state index contributed by atoms with van der Waals surface area (Å²) in [4.78, 5) is 20.1. The average molecular weight is 409 g/mol. The Morgan fingerprint density at radius 2 is 1.80 bits per heavy atom. The third-order valence-electron chi connectivity index (χ3n) is 4.57. The molecule has 1 heterocycles. The van der Waals surface area contributed by atoms with Crippen LogP contribution < -0.4 is 14.8 Å². The van der Waals surface area contributed by atoms with Gasteiger partial charge >= 0.3 is 12.0 Å². The van der Waals surface area contributed by atoms with E-state index in [0.717, 1.165) is 17.7 Å². The summed E-state index contributed by atoms with van der Waals surface area (Å²) in [6.07, 6.45) is 0.778. The van der Waals surface area contributed by atoms with E-state index in [2.05, 4.69) is 15.3 Å². The Kier molecular flexibility index (Phi) is 6.82. The molecule has 0 amide bonds. The number of ether oxygens (including phenoxy) is 2. The molecule has 0 bridgehead atoms. The van der Waals surface area contributed by atoms with Crippen molar-refractivity contribution in [2.24, 2.45) is 0 Å². The summed E-state index contributed by atoms with van der Waals surface area (Å²) in [6.45, 7) is 0.281. The van der Waals surface area contributed by atoms with Gasteiger partial charge in [-0.05, 0) is 35.7 Å². The average Bonchev–Trinajstić information content (AvgIpc) is 2.78. The molecule has 2 aromatic carbocycles. The molecule has 8 nitrogen and oxygen atoms in total. The monoisotopic (exact) mass is 409 g/mol. The van der Waals surface area contributed by atoms with Crippen molar-refractivity contribution in [2.75, 3.05) is 26.1 Å². The van der Waals surface area contributed by atoms with Crippen LogP contribution in [0.4, 0.5) is 5.82 Å². The van der Waals surface area contributed by atoms with Gasteiger partial charge in [-0.25, -0.2) is 4.79 Å². The van der Waals surface area contributed by atoms with Crippen LogP contribution in [0.15, 0.2) is 48.5 Å². The van der Waals surface area contributed by atoms with Crippen LogP contribution in [0.25, 0.3) is 11.3 Å².